The van der Waals surface area contributed by atoms with Crippen LogP contribution in [0, 0.1) is 11.8 Å². The lowest BCUT2D eigenvalue weighted by molar-refractivity contribution is -0.140. The van der Waals surface area contributed by atoms with Crippen LogP contribution in [0.25, 0.3) is 0 Å². The number of unbranched alkanes of at least 4 members (excludes halogenated alkanes) is 3. The molecule has 26 heavy (non-hydrogen) atoms. The number of carbonyl (C=O) groups is 3. The molecule has 0 aliphatic rings. The molecule has 5 heteroatoms. The Morgan fingerprint density at radius 1 is 1.12 bits per heavy atom. The van der Waals surface area contributed by atoms with E-state index in [1.54, 1.807) is 6.08 Å². The predicted octanol–water partition coefficient (Wildman–Crippen LogP) is 3.79. The van der Waals surface area contributed by atoms with Crippen LogP contribution in [-0.4, -0.2) is 36.4 Å². The third kappa shape index (κ3) is 11.7. The Hall–Kier alpha value is -1.75. The zero-order valence-electron chi connectivity index (χ0n) is 16.4. The molecular formula is C21H34O5. The van der Waals surface area contributed by atoms with Crippen molar-refractivity contribution >= 4 is 18.0 Å². The molecule has 0 saturated carbocycles. The Labute approximate surface area is 157 Å². The molecule has 0 aromatic carbocycles. The van der Waals surface area contributed by atoms with Gasteiger partial charge in [0.2, 0.25) is 0 Å². The van der Waals surface area contributed by atoms with E-state index >= 15 is 0 Å². The maximum atomic E-state index is 11.9. The van der Waals surface area contributed by atoms with E-state index in [4.69, 9.17) is 0 Å². The summed E-state index contributed by atoms with van der Waals surface area (Å²) in [7, 11) is 1.33. The Balaban J connectivity index is 4.53. The number of esters is 1. The zero-order valence-corrected chi connectivity index (χ0v) is 16.4. The molecule has 3 atom stereocenters. The van der Waals surface area contributed by atoms with Crippen molar-refractivity contribution in [2.75, 3.05) is 7.11 Å². The van der Waals surface area contributed by atoms with Crippen molar-refractivity contribution in [3.63, 3.8) is 0 Å². The van der Waals surface area contributed by atoms with E-state index in [1.807, 2.05) is 6.08 Å². The molecule has 1 unspecified atom stereocenters. The fraction of sp³-hybridized carbons (Fsp3) is 0.667. The van der Waals surface area contributed by atoms with Gasteiger partial charge in [0.1, 0.15) is 12.1 Å². The molecule has 0 aromatic heterocycles. The highest BCUT2D eigenvalue weighted by Gasteiger charge is 2.22. The lowest BCUT2D eigenvalue weighted by Crippen LogP contribution is -2.21. The zero-order chi connectivity index (χ0) is 19.8. The van der Waals surface area contributed by atoms with E-state index in [2.05, 4.69) is 17.7 Å². The smallest absolute Gasteiger partial charge is 0.305 e. The predicted molar refractivity (Wildman–Crippen MR) is 103 cm³/mol. The van der Waals surface area contributed by atoms with Crippen LogP contribution in [0.4, 0.5) is 0 Å². The Kier molecular flexibility index (Phi) is 14.5. The first-order chi connectivity index (χ1) is 12.5. The largest absolute Gasteiger partial charge is 0.469 e. The van der Waals surface area contributed by atoms with Crippen molar-refractivity contribution in [3.05, 3.63) is 24.3 Å². The van der Waals surface area contributed by atoms with Crippen LogP contribution in [0.5, 0.6) is 0 Å². The van der Waals surface area contributed by atoms with Gasteiger partial charge in [-0.2, -0.15) is 0 Å². The molecule has 0 radical (unpaired) electrons. The van der Waals surface area contributed by atoms with E-state index in [1.165, 1.54) is 33.0 Å². The summed E-state index contributed by atoms with van der Waals surface area (Å²) in [6, 6.07) is 0. The van der Waals surface area contributed by atoms with Crippen molar-refractivity contribution in [1.29, 1.82) is 0 Å². The molecule has 0 bridgehead atoms. The van der Waals surface area contributed by atoms with Crippen LogP contribution in [0.2, 0.25) is 0 Å². The summed E-state index contributed by atoms with van der Waals surface area (Å²) in [5, 5.41) is 9.94. The molecule has 0 saturated heterocycles. The number of Topliss-reactive ketones (excluding diaryl/α,β-unsaturated/α-hetero) is 1. The maximum Gasteiger partial charge on any atom is 0.305 e. The minimum atomic E-state index is -0.751. The minimum absolute atomic E-state index is 0.0369. The number of aliphatic hydroxyl groups is 1. The van der Waals surface area contributed by atoms with Gasteiger partial charge >= 0.3 is 5.97 Å². The van der Waals surface area contributed by atoms with Crippen molar-refractivity contribution in [2.45, 2.75) is 71.3 Å². The fourth-order valence-electron chi connectivity index (χ4n) is 2.65. The van der Waals surface area contributed by atoms with Gasteiger partial charge in [0.05, 0.1) is 13.2 Å². The SMILES string of the molecule is CCCCC/C=C\C[C@@H](C(C)=O)C(C=O)/C=C/[C@@H](O)CCCC(=O)OC. The van der Waals surface area contributed by atoms with E-state index in [0.717, 1.165) is 19.1 Å². The third-order valence-corrected chi connectivity index (χ3v) is 4.34. The highest BCUT2D eigenvalue weighted by atomic mass is 16.5. The monoisotopic (exact) mass is 366 g/mol. The lowest BCUT2D eigenvalue weighted by Gasteiger charge is -2.16. The van der Waals surface area contributed by atoms with E-state index in [-0.39, 0.29) is 18.2 Å². The number of aliphatic hydroxyl groups excluding tert-OH is 1. The average Bonchev–Trinajstić information content (AvgIpc) is 2.62. The van der Waals surface area contributed by atoms with Crippen LogP contribution in [0.15, 0.2) is 24.3 Å². The number of methoxy groups -OCH3 is 1. The third-order valence-electron chi connectivity index (χ3n) is 4.34. The number of ketones is 1. The van der Waals surface area contributed by atoms with Crippen molar-refractivity contribution in [1.82, 2.24) is 0 Å². The van der Waals surface area contributed by atoms with Crippen LogP contribution in [0.1, 0.15) is 65.2 Å². The van der Waals surface area contributed by atoms with Crippen LogP contribution >= 0.6 is 0 Å². The van der Waals surface area contributed by atoms with E-state index in [0.29, 0.717) is 19.3 Å². The molecule has 0 aliphatic heterocycles. The summed E-state index contributed by atoms with van der Waals surface area (Å²) in [6.07, 6.45) is 13.3. The summed E-state index contributed by atoms with van der Waals surface area (Å²) < 4.78 is 4.54. The number of hydrogen-bond donors (Lipinski definition) is 1. The molecule has 0 amide bonds. The second kappa shape index (κ2) is 15.5. The Morgan fingerprint density at radius 2 is 1.85 bits per heavy atom. The summed E-state index contributed by atoms with van der Waals surface area (Å²) >= 11 is 0. The molecule has 0 spiro atoms. The number of ether oxygens (including phenoxy) is 1. The van der Waals surface area contributed by atoms with Crippen molar-refractivity contribution < 1.29 is 24.2 Å². The van der Waals surface area contributed by atoms with Crippen LogP contribution < -0.4 is 0 Å². The molecule has 0 fully saturated rings. The van der Waals surface area contributed by atoms with Gasteiger partial charge < -0.3 is 14.6 Å². The summed E-state index contributed by atoms with van der Waals surface area (Å²) in [4.78, 5) is 34.3. The van der Waals surface area contributed by atoms with Gasteiger partial charge in [-0.1, -0.05) is 44.1 Å². The molecule has 148 valence electrons. The summed E-state index contributed by atoms with van der Waals surface area (Å²) in [5.41, 5.74) is 0. The molecule has 1 N–H and O–H groups in total. The fourth-order valence-corrected chi connectivity index (χ4v) is 2.65. The number of allylic oxidation sites excluding steroid dienone is 3. The van der Waals surface area contributed by atoms with Crippen LogP contribution in [-0.2, 0) is 19.1 Å². The number of aldehydes is 1. The first kappa shape index (κ1) is 24.2. The number of rotatable bonds is 15. The second-order valence-corrected chi connectivity index (χ2v) is 6.55. The quantitative estimate of drug-likeness (QED) is 0.206. The Morgan fingerprint density at radius 3 is 2.42 bits per heavy atom. The normalized spacial score (nSPS) is 15.1. The lowest BCUT2D eigenvalue weighted by atomic mass is 9.86. The van der Waals surface area contributed by atoms with Gasteiger partial charge in [-0.05, 0) is 39.0 Å². The summed E-state index contributed by atoms with van der Waals surface area (Å²) in [6.45, 7) is 3.65. The molecule has 0 aromatic rings. The van der Waals surface area contributed by atoms with Gasteiger partial charge in [0.15, 0.2) is 0 Å². The maximum absolute atomic E-state index is 11.9. The topological polar surface area (TPSA) is 80.7 Å². The minimum Gasteiger partial charge on any atom is -0.469 e. The van der Waals surface area contributed by atoms with Gasteiger partial charge in [-0.15, -0.1) is 0 Å². The molecule has 0 heterocycles. The molecule has 0 rings (SSSR count). The Bertz CT molecular complexity index is 467. The van der Waals surface area contributed by atoms with Gasteiger partial charge in [0.25, 0.3) is 0 Å². The van der Waals surface area contributed by atoms with Gasteiger partial charge in [-0.25, -0.2) is 0 Å². The van der Waals surface area contributed by atoms with Crippen molar-refractivity contribution in [3.8, 4) is 0 Å². The molecule has 5 nitrogen and oxygen atoms in total. The van der Waals surface area contributed by atoms with E-state index < -0.39 is 17.9 Å². The molecule has 0 aliphatic carbocycles. The number of carbonyl (C=O) groups excluding carboxylic acids is 3. The van der Waals surface area contributed by atoms with Crippen LogP contribution in [0.3, 0.4) is 0 Å². The highest BCUT2D eigenvalue weighted by molar-refractivity contribution is 5.82. The first-order valence-electron chi connectivity index (χ1n) is 9.50. The van der Waals surface area contributed by atoms with E-state index in [9.17, 15) is 19.5 Å². The standard InChI is InChI=1S/C21H34O5/c1-4-5-6-7-8-9-12-20(17(2)23)18(16-22)14-15-19(24)11-10-13-21(25)26-3/h8-9,14-16,18-20,24H,4-7,10-13H2,1-3H3/b9-8-,15-14+/t18?,19-,20-/m0/s1. The second-order valence-electron chi connectivity index (χ2n) is 6.55. The van der Waals surface area contributed by atoms with Gasteiger partial charge in [0, 0.05) is 18.3 Å². The average molecular weight is 366 g/mol. The van der Waals surface area contributed by atoms with Crippen molar-refractivity contribution in [2.24, 2.45) is 11.8 Å². The van der Waals surface area contributed by atoms with Gasteiger partial charge in [-0.3, -0.25) is 9.59 Å². The highest BCUT2D eigenvalue weighted by Crippen LogP contribution is 2.19. The molecular weight excluding hydrogens is 332 g/mol. The first-order valence-corrected chi connectivity index (χ1v) is 9.50. The number of hydrogen-bond acceptors (Lipinski definition) is 5. The summed E-state index contributed by atoms with van der Waals surface area (Å²) in [5.74, 6) is -1.31.